The van der Waals surface area contributed by atoms with E-state index in [9.17, 15) is 4.39 Å². The van der Waals surface area contributed by atoms with E-state index in [1.165, 1.54) is 12.1 Å². The Labute approximate surface area is 141 Å². The first-order chi connectivity index (χ1) is 12.2. The van der Waals surface area contributed by atoms with Crippen LogP contribution in [-0.4, -0.2) is 13.1 Å². The Morgan fingerprint density at radius 3 is 2.55 bits per heavy atom. The summed E-state index contributed by atoms with van der Waals surface area (Å²) >= 11 is 0. The van der Waals surface area contributed by atoms with Gasteiger partial charge in [-0.05, 0) is 53.7 Å². The largest absolute Gasteiger partial charge is 0.256 e. The van der Waals surface area contributed by atoms with Crippen LogP contribution in [-0.2, 0) is 6.37 Å². The van der Waals surface area contributed by atoms with Gasteiger partial charge in [0.15, 0.2) is 0 Å². The van der Waals surface area contributed by atoms with Crippen molar-refractivity contribution < 1.29 is 11.2 Å². The zero-order valence-corrected chi connectivity index (χ0v) is 14.8. The van der Waals surface area contributed by atoms with Crippen molar-refractivity contribution in [2.24, 2.45) is 5.92 Å². The van der Waals surface area contributed by atoms with Crippen LogP contribution in [0, 0.1) is 18.6 Å². The van der Waals surface area contributed by atoms with Crippen molar-refractivity contribution in [1.29, 1.82) is 0 Å². The summed E-state index contributed by atoms with van der Waals surface area (Å²) in [7, 11) is -1.88. The lowest BCUT2D eigenvalue weighted by molar-refractivity contribution is 0.629. The van der Waals surface area contributed by atoms with Gasteiger partial charge < -0.3 is 0 Å². The Kier molecular flexibility index (Phi) is 3.20. The summed E-state index contributed by atoms with van der Waals surface area (Å²) < 4.78 is 54.0. The molecule has 1 aromatic heterocycles. The van der Waals surface area contributed by atoms with Crippen LogP contribution in [0.1, 0.15) is 31.8 Å². The molecular formula is C19H26FNSi. The zero-order valence-electron chi connectivity index (χ0n) is 18.8. The highest BCUT2D eigenvalue weighted by atomic mass is 28.3. The van der Waals surface area contributed by atoms with Gasteiger partial charge in [-0.15, -0.1) is 0 Å². The molecule has 3 heteroatoms. The van der Waals surface area contributed by atoms with E-state index in [4.69, 9.17) is 6.85 Å². The number of halogens is 1. The van der Waals surface area contributed by atoms with Crippen LogP contribution in [0.3, 0.4) is 0 Å². The third-order valence-electron chi connectivity index (χ3n) is 3.40. The molecule has 0 aliphatic rings. The predicted molar refractivity (Wildman–Crippen MR) is 95.9 cm³/mol. The monoisotopic (exact) mass is 320 g/mol. The molecule has 0 saturated heterocycles. The van der Waals surface area contributed by atoms with Crippen molar-refractivity contribution in [1.82, 2.24) is 4.98 Å². The van der Waals surface area contributed by atoms with Crippen LogP contribution >= 0.6 is 0 Å². The number of benzene rings is 1. The lowest BCUT2D eigenvalue weighted by Crippen LogP contribution is -2.40. The van der Waals surface area contributed by atoms with Crippen LogP contribution in [0.5, 0.6) is 0 Å². The Bertz CT molecular complexity index is 841. The van der Waals surface area contributed by atoms with Gasteiger partial charge in [-0.2, -0.15) is 0 Å². The van der Waals surface area contributed by atoms with Gasteiger partial charge in [-0.1, -0.05) is 39.6 Å². The van der Waals surface area contributed by atoms with Gasteiger partial charge in [0, 0.05) is 18.6 Å². The maximum absolute atomic E-state index is 14.6. The number of hydrogen-bond acceptors (Lipinski definition) is 1. The third kappa shape index (κ3) is 3.83. The fraction of sp³-hybridized carbons (Fsp3) is 0.421. The number of hydrogen-bond donors (Lipinski definition) is 0. The number of rotatable bonds is 4. The average Bonchev–Trinajstić information content (AvgIpc) is 2.52. The first-order valence-electron chi connectivity index (χ1n) is 9.97. The van der Waals surface area contributed by atoms with Crippen molar-refractivity contribution in [3.05, 3.63) is 47.4 Å². The SMILES string of the molecule is [2H]C([2H])([2H])c1ccc(-c2cc(C([2H])([2H])C(C)C)c([Si](C)(C)C)cn2)c(F)c1. The van der Waals surface area contributed by atoms with Crippen molar-refractivity contribution >= 4 is 13.3 Å². The maximum atomic E-state index is 14.6. The van der Waals surface area contributed by atoms with Crippen molar-refractivity contribution in [3.8, 4) is 11.3 Å². The smallest absolute Gasteiger partial charge is 0.132 e. The molecule has 2 rings (SSSR count). The molecule has 118 valence electrons. The second kappa shape index (κ2) is 6.33. The minimum Gasteiger partial charge on any atom is -0.256 e. The molecule has 1 nitrogen and oxygen atoms in total. The fourth-order valence-electron chi connectivity index (χ4n) is 2.35. The normalized spacial score (nSPS) is 16.6. The molecule has 0 saturated carbocycles. The van der Waals surface area contributed by atoms with Crippen molar-refractivity contribution in [3.63, 3.8) is 0 Å². The molecule has 1 heterocycles. The molecule has 0 bridgehead atoms. The van der Waals surface area contributed by atoms with Crippen LogP contribution in [0.2, 0.25) is 19.6 Å². The lowest BCUT2D eigenvalue weighted by Gasteiger charge is -2.22. The standard InChI is InChI=1S/C19H26FNSi/c1-13(2)9-15-11-18(21-12-19(15)22(4,5)6)16-8-7-14(3)10-17(16)20/h7-8,10-13H,9H2,1-6H3/i3D3,9D2. The van der Waals surface area contributed by atoms with E-state index in [-0.39, 0.29) is 17.0 Å². The van der Waals surface area contributed by atoms with E-state index in [2.05, 4.69) is 24.6 Å². The van der Waals surface area contributed by atoms with Crippen LogP contribution < -0.4 is 5.19 Å². The Morgan fingerprint density at radius 1 is 1.27 bits per heavy atom. The highest BCUT2D eigenvalue weighted by Gasteiger charge is 2.22. The molecule has 0 N–H and O–H groups in total. The van der Waals surface area contributed by atoms with Crippen molar-refractivity contribution in [2.75, 3.05) is 0 Å². The van der Waals surface area contributed by atoms with Gasteiger partial charge in [-0.3, -0.25) is 4.98 Å². The minimum absolute atomic E-state index is 0.0693. The highest BCUT2D eigenvalue weighted by Crippen LogP contribution is 2.23. The summed E-state index contributed by atoms with van der Waals surface area (Å²) in [6.07, 6.45) is 0.0800. The molecule has 0 amide bonds. The molecule has 1 aromatic carbocycles. The second-order valence-corrected chi connectivity index (χ2v) is 11.9. The third-order valence-corrected chi connectivity index (χ3v) is 5.42. The number of pyridine rings is 1. The summed E-state index contributed by atoms with van der Waals surface area (Å²) in [5.74, 6) is -0.932. The first kappa shape index (κ1) is 11.1. The highest BCUT2D eigenvalue weighted by molar-refractivity contribution is 6.89. The summed E-state index contributed by atoms with van der Waals surface area (Å²) in [4.78, 5) is 4.39. The van der Waals surface area contributed by atoms with E-state index in [0.717, 1.165) is 11.3 Å². The number of aromatic nitrogens is 1. The molecule has 2 aromatic rings. The zero-order chi connectivity index (χ0) is 20.8. The molecule has 0 atom stereocenters. The Balaban J connectivity index is 2.67. The van der Waals surface area contributed by atoms with Gasteiger partial charge in [-0.25, -0.2) is 4.39 Å². The van der Waals surface area contributed by atoms with Gasteiger partial charge >= 0.3 is 0 Å². The fourth-order valence-corrected chi connectivity index (χ4v) is 3.76. The van der Waals surface area contributed by atoms with Gasteiger partial charge in [0.1, 0.15) is 5.82 Å². The van der Waals surface area contributed by atoms with E-state index in [1.54, 1.807) is 12.3 Å². The quantitative estimate of drug-likeness (QED) is 0.727. The van der Waals surface area contributed by atoms with Crippen LogP contribution in [0.25, 0.3) is 11.3 Å². The molecule has 0 radical (unpaired) electrons. The summed E-state index contributed by atoms with van der Waals surface area (Å²) in [6, 6.07) is 5.41. The van der Waals surface area contributed by atoms with E-state index in [0.29, 0.717) is 11.3 Å². The van der Waals surface area contributed by atoms with Crippen molar-refractivity contribution in [2.45, 2.75) is 46.7 Å². The maximum Gasteiger partial charge on any atom is 0.132 e. The van der Waals surface area contributed by atoms with Crippen LogP contribution in [0.4, 0.5) is 4.39 Å². The van der Waals surface area contributed by atoms with Gasteiger partial charge in [0.05, 0.1) is 13.8 Å². The molecular weight excluding hydrogens is 289 g/mol. The summed E-state index contributed by atoms with van der Waals surface area (Å²) in [6.45, 7) is 7.62. The Morgan fingerprint density at radius 2 is 2.00 bits per heavy atom. The molecule has 0 fully saturated rings. The van der Waals surface area contributed by atoms with E-state index < -0.39 is 27.1 Å². The molecule has 0 aliphatic heterocycles. The van der Waals surface area contributed by atoms with E-state index in [1.807, 2.05) is 13.8 Å². The van der Waals surface area contributed by atoms with Gasteiger partial charge in [0.25, 0.3) is 0 Å². The molecule has 0 aliphatic carbocycles. The number of aryl methyl sites for hydroxylation is 1. The minimum atomic E-state index is -2.38. The first-order valence-corrected chi connectivity index (χ1v) is 11.0. The second-order valence-electron chi connectivity index (χ2n) is 6.86. The van der Waals surface area contributed by atoms with Gasteiger partial charge in [0.2, 0.25) is 0 Å². The molecule has 22 heavy (non-hydrogen) atoms. The van der Waals surface area contributed by atoms with Crippen LogP contribution in [0.15, 0.2) is 30.5 Å². The predicted octanol–water partition coefficient (Wildman–Crippen LogP) is 4.94. The molecule has 0 unspecified atom stereocenters. The molecule has 0 spiro atoms. The van der Waals surface area contributed by atoms with E-state index >= 15 is 0 Å². The lowest BCUT2D eigenvalue weighted by atomic mass is 10.0. The topological polar surface area (TPSA) is 12.9 Å². The Hall–Kier alpha value is -1.48. The average molecular weight is 321 g/mol. The summed E-state index contributed by atoms with van der Waals surface area (Å²) in [5, 5.41) is 0.907. The summed E-state index contributed by atoms with van der Waals surface area (Å²) in [5.41, 5.74) is 0.957. The number of nitrogens with zero attached hydrogens (tertiary/aromatic N) is 1.